The maximum atomic E-state index is 12.6. The molecule has 0 saturated heterocycles. The zero-order chi connectivity index (χ0) is 19.2. The summed E-state index contributed by atoms with van der Waals surface area (Å²) in [6.07, 6.45) is 0. The van der Waals surface area contributed by atoms with Gasteiger partial charge in [0.2, 0.25) is 0 Å². The van der Waals surface area contributed by atoms with Crippen LogP contribution in [0, 0.1) is 0 Å². The molecule has 0 radical (unpaired) electrons. The zero-order valence-electron chi connectivity index (χ0n) is 15.6. The first kappa shape index (κ1) is 19.3. The van der Waals surface area contributed by atoms with E-state index in [0.29, 0.717) is 30.2 Å². The molecule has 2 aromatic carbocycles. The lowest BCUT2D eigenvalue weighted by molar-refractivity contribution is 0.102. The molecular formula is C20H22N2O4S. The molecule has 3 rings (SSSR count). The number of aromatic nitrogens is 2. The summed E-state index contributed by atoms with van der Waals surface area (Å²) >= 11 is 1.42. The molecule has 3 aromatic rings. The second kappa shape index (κ2) is 8.92. The number of thioether (sulfide) groups is 1. The molecule has 0 aliphatic carbocycles. The van der Waals surface area contributed by atoms with Crippen LogP contribution in [0.5, 0.6) is 11.5 Å². The van der Waals surface area contributed by atoms with Gasteiger partial charge in [-0.25, -0.2) is 4.98 Å². The summed E-state index contributed by atoms with van der Waals surface area (Å²) in [4.78, 5) is 17.3. The third kappa shape index (κ3) is 4.26. The van der Waals surface area contributed by atoms with Crippen molar-refractivity contribution < 1.29 is 19.0 Å². The Morgan fingerprint density at radius 2 is 1.85 bits per heavy atom. The van der Waals surface area contributed by atoms with E-state index >= 15 is 0 Å². The highest BCUT2D eigenvalue weighted by Crippen LogP contribution is 2.29. The standard InChI is InChI=1S/C20H22N2O4S/c1-24-11-10-22-16-7-5-4-6-15(16)21-20(22)27-13-17(23)14-8-9-18(25-2)19(12-14)26-3/h4-9,12H,10-11,13H2,1-3H3. The van der Waals surface area contributed by atoms with Crippen LogP contribution >= 0.6 is 11.8 Å². The van der Waals surface area contributed by atoms with Gasteiger partial charge < -0.3 is 18.8 Å². The summed E-state index contributed by atoms with van der Waals surface area (Å²) in [5.41, 5.74) is 2.53. The second-order valence-corrected chi connectivity index (χ2v) is 6.75. The number of ketones is 1. The van der Waals surface area contributed by atoms with E-state index in [-0.39, 0.29) is 11.5 Å². The molecule has 0 unspecified atom stereocenters. The Hall–Kier alpha value is -2.51. The number of hydrogen-bond acceptors (Lipinski definition) is 6. The molecule has 0 bridgehead atoms. The van der Waals surface area contributed by atoms with E-state index in [2.05, 4.69) is 9.55 Å². The van der Waals surface area contributed by atoms with Crippen molar-refractivity contribution in [1.82, 2.24) is 9.55 Å². The lowest BCUT2D eigenvalue weighted by atomic mass is 10.1. The van der Waals surface area contributed by atoms with Crippen LogP contribution in [0.15, 0.2) is 47.6 Å². The monoisotopic (exact) mass is 386 g/mol. The van der Waals surface area contributed by atoms with E-state index in [0.717, 1.165) is 16.2 Å². The normalized spacial score (nSPS) is 10.9. The van der Waals surface area contributed by atoms with Crippen molar-refractivity contribution >= 4 is 28.6 Å². The summed E-state index contributed by atoms with van der Waals surface area (Å²) in [5, 5.41) is 0.807. The van der Waals surface area contributed by atoms with Crippen LogP contribution in [-0.2, 0) is 11.3 Å². The largest absolute Gasteiger partial charge is 0.493 e. The fraction of sp³-hybridized carbons (Fsp3) is 0.300. The summed E-state index contributed by atoms with van der Waals surface area (Å²) in [7, 11) is 4.80. The van der Waals surface area contributed by atoms with Gasteiger partial charge in [0, 0.05) is 19.2 Å². The van der Waals surface area contributed by atoms with Gasteiger partial charge in [-0.1, -0.05) is 23.9 Å². The van der Waals surface area contributed by atoms with Crippen LogP contribution in [0.25, 0.3) is 11.0 Å². The lowest BCUT2D eigenvalue weighted by Gasteiger charge is -2.10. The fourth-order valence-electron chi connectivity index (χ4n) is 2.79. The third-order valence-corrected chi connectivity index (χ3v) is 5.15. The maximum Gasteiger partial charge on any atom is 0.173 e. The summed E-state index contributed by atoms with van der Waals surface area (Å²) < 4.78 is 17.8. The minimum Gasteiger partial charge on any atom is -0.493 e. The van der Waals surface area contributed by atoms with Gasteiger partial charge in [0.25, 0.3) is 0 Å². The molecule has 7 heteroatoms. The number of benzene rings is 2. The Morgan fingerprint density at radius 3 is 2.59 bits per heavy atom. The topological polar surface area (TPSA) is 62.6 Å². The predicted octanol–water partition coefficient (Wildman–Crippen LogP) is 3.67. The molecular weight excluding hydrogens is 364 g/mol. The molecule has 0 atom stereocenters. The molecule has 0 fully saturated rings. The van der Waals surface area contributed by atoms with E-state index in [1.807, 2.05) is 24.3 Å². The van der Waals surface area contributed by atoms with Gasteiger partial charge >= 0.3 is 0 Å². The van der Waals surface area contributed by atoms with E-state index in [1.165, 1.54) is 11.8 Å². The van der Waals surface area contributed by atoms with Crippen molar-refractivity contribution in [2.75, 3.05) is 33.7 Å². The first-order valence-corrected chi connectivity index (χ1v) is 9.48. The van der Waals surface area contributed by atoms with Crippen LogP contribution in [0.4, 0.5) is 0 Å². The Bertz CT molecular complexity index is 939. The van der Waals surface area contributed by atoms with E-state index < -0.39 is 0 Å². The molecule has 0 N–H and O–H groups in total. The lowest BCUT2D eigenvalue weighted by Crippen LogP contribution is -2.08. The van der Waals surface area contributed by atoms with Crippen molar-refractivity contribution in [1.29, 1.82) is 0 Å². The van der Waals surface area contributed by atoms with Gasteiger partial charge in [-0.3, -0.25) is 4.79 Å². The number of hydrogen-bond donors (Lipinski definition) is 0. The molecule has 27 heavy (non-hydrogen) atoms. The van der Waals surface area contributed by atoms with Gasteiger partial charge in [0.1, 0.15) is 0 Å². The molecule has 0 aliphatic rings. The van der Waals surface area contributed by atoms with Crippen LogP contribution in [0.1, 0.15) is 10.4 Å². The highest BCUT2D eigenvalue weighted by Gasteiger charge is 2.15. The third-order valence-electron chi connectivity index (χ3n) is 4.18. The number of nitrogens with zero attached hydrogens (tertiary/aromatic N) is 2. The van der Waals surface area contributed by atoms with E-state index in [9.17, 15) is 4.79 Å². The first-order chi connectivity index (χ1) is 13.2. The number of fused-ring (bicyclic) bond motifs is 1. The quantitative estimate of drug-likeness (QED) is 0.413. The Kier molecular flexibility index (Phi) is 6.36. The summed E-state index contributed by atoms with van der Waals surface area (Å²) in [5.74, 6) is 1.43. The molecule has 142 valence electrons. The van der Waals surface area contributed by atoms with Crippen LogP contribution in [-0.4, -0.2) is 49.0 Å². The van der Waals surface area contributed by atoms with Gasteiger partial charge in [0.05, 0.1) is 37.6 Å². The predicted molar refractivity (Wildman–Crippen MR) is 106 cm³/mol. The average molecular weight is 386 g/mol. The summed E-state index contributed by atoms with van der Waals surface area (Å²) in [6.45, 7) is 1.27. The second-order valence-electron chi connectivity index (χ2n) is 5.81. The number of carbonyl (C=O) groups is 1. The number of Topliss-reactive ketones (excluding diaryl/α,β-unsaturated/α-hetero) is 1. The van der Waals surface area contributed by atoms with Crippen molar-refractivity contribution in [3.05, 3.63) is 48.0 Å². The average Bonchev–Trinajstić information content (AvgIpc) is 3.07. The van der Waals surface area contributed by atoms with Gasteiger partial charge in [-0.2, -0.15) is 0 Å². The van der Waals surface area contributed by atoms with Crippen molar-refractivity contribution in [3.63, 3.8) is 0 Å². The molecule has 1 heterocycles. The molecule has 0 aliphatic heterocycles. The number of ether oxygens (including phenoxy) is 3. The molecule has 0 amide bonds. The van der Waals surface area contributed by atoms with Gasteiger partial charge in [-0.15, -0.1) is 0 Å². The SMILES string of the molecule is COCCn1c(SCC(=O)c2ccc(OC)c(OC)c2)nc2ccccc21. The maximum absolute atomic E-state index is 12.6. The van der Waals surface area contributed by atoms with E-state index in [4.69, 9.17) is 14.2 Å². The molecule has 1 aromatic heterocycles. The Labute approximate surface area is 162 Å². The van der Waals surface area contributed by atoms with Gasteiger partial charge in [0.15, 0.2) is 22.4 Å². The minimum atomic E-state index is 0.00583. The molecule has 0 saturated carbocycles. The Balaban J connectivity index is 1.79. The Morgan fingerprint density at radius 1 is 1.07 bits per heavy atom. The highest BCUT2D eigenvalue weighted by atomic mass is 32.2. The number of imidazole rings is 1. The number of carbonyl (C=O) groups excluding carboxylic acids is 1. The van der Waals surface area contributed by atoms with Crippen molar-refractivity contribution in [2.45, 2.75) is 11.7 Å². The zero-order valence-corrected chi connectivity index (χ0v) is 16.4. The van der Waals surface area contributed by atoms with Gasteiger partial charge in [-0.05, 0) is 30.3 Å². The van der Waals surface area contributed by atoms with Crippen LogP contribution < -0.4 is 9.47 Å². The number of methoxy groups -OCH3 is 3. The minimum absolute atomic E-state index is 0.00583. The molecule has 0 spiro atoms. The summed E-state index contributed by atoms with van der Waals surface area (Å²) in [6, 6.07) is 13.1. The first-order valence-electron chi connectivity index (χ1n) is 8.50. The van der Waals surface area contributed by atoms with Crippen LogP contribution in [0.2, 0.25) is 0 Å². The number of rotatable bonds is 9. The van der Waals surface area contributed by atoms with Crippen molar-refractivity contribution in [3.8, 4) is 11.5 Å². The number of para-hydroxylation sites is 2. The van der Waals surface area contributed by atoms with Crippen LogP contribution in [0.3, 0.4) is 0 Å². The molecule has 6 nitrogen and oxygen atoms in total. The van der Waals surface area contributed by atoms with E-state index in [1.54, 1.807) is 39.5 Å². The smallest absolute Gasteiger partial charge is 0.173 e. The highest BCUT2D eigenvalue weighted by molar-refractivity contribution is 7.99. The van der Waals surface area contributed by atoms with Crippen molar-refractivity contribution in [2.24, 2.45) is 0 Å². The fourth-order valence-corrected chi connectivity index (χ4v) is 3.72.